The van der Waals surface area contributed by atoms with Crippen LogP contribution in [0.1, 0.15) is 40.6 Å². The molecule has 7 nitrogen and oxygen atoms in total. The Labute approximate surface area is 186 Å². The van der Waals surface area contributed by atoms with E-state index in [1.165, 1.54) is 0 Å². The number of pyridine rings is 1. The van der Waals surface area contributed by atoms with Gasteiger partial charge in [-0.2, -0.15) is 0 Å². The van der Waals surface area contributed by atoms with Gasteiger partial charge in [0.15, 0.2) is 0 Å². The summed E-state index contributed by atoms with van der Waals surface area (Å²) in [7, 11) is 0. The van der Waals surface area contributed by atoms with E-state index in [1.807, 2.05) is 36.4 Å². The maximum atomic E-state index is 13.6. The third-order valence-corrected chi connectivity index (χ3v) is 6.12. The molecule has 1 aromatic heterocycles. The average Bonchev–Trinajstić information content (AvgIpc) is 3.39. The highest BCUT2D eigenvalue weighted by Gasteiger charge is 2.56. The molecule has 3 aromatic rings. The summed E-state index contributed by atoms with van der Waals surface area (Å²) in [5.41, 5.74) is 9.67. The fourth-order valence-corrected chi connectivity index (χ4v) is 4.72. The molecule has 7 heteroatoms. The van der Waals surface area contributed by atoms with Gasteiger partial charge in [0.05, 0.1) is 29.9 Å². The number of esters is 1. The molecule has 2 aliphatic heterocycles. The normalized spacial score (nSPS) is 24.4. The van der Waals surface area contributed by atoms with Gasteiger partial charge in [0.1, 0.15) is 6.04 Å². The molecule has 32 heavy (non-hydrogen) atoms. The summed E-state index contributed by atoms with van der Waals surface area (Å²) in [6.45, 7) is 2.09. The largest absolute Gasteiger partial charge is 0.462 e. The minimum Gasteiger partial charge on any atom is -0.462 e. The second kappa shape index (κ2) is 8.53. The maximum absolute atomic E-state index is 13.6. The number of fused-ring (bicyclic) bond motifs is 1. The van der Waals surface area contributed by atoms with Crippen molar-refractivity contribution in [2.75, 3.05) is 11.5 Å². The third-order valence-electron chi connectivity index (χ3n) is 6.12. The molecule has 2 fully saturated rings. The summed E-state index contributed by atoms with van der Waals surface area (Å²) in [5, 5.41) is 0. The highest BCUT2D eigenvalue weighted by atomic mass is 16.5. The molecule has 4 unspecified atom stereocenters. The lowest BCUT2D eigenvalue weighted by Gasteiger charge is -2.30. The highest BCUT2D eigenvalue weighted by molar-refractivity contribution is 6.01. The molecule has 2 N–H and O–H groups in total. The van der Waals surface area contributed by atoms with E-state index in [4.69, 9.17) is 4.74 Å². The number of hydrogen-bond acceptors (Lipinski definition) is 6. The van der Waals surface area contributed by atoms with Crippen LogP contribution in [0, 0.1) is 5.92 Å². The van der Waals surface area contributed by atoms with Crippen LogP contribution in [0.5, 0.6) is 0 Å². The monoisotopic (exact) mass is 428 g/mol. The molecule has 0 saturated carbocycles. The summed E-state index contributed by atoms with van der Waals surface area (Å²) in [6, 6.07) is 22.2. The van der Waals surface area contributed by atoms with E-state index >= 15 is 0 Å². The molecule has 1 amide bonds. The minimum atomic E-state index is -0.392. The van der Waals surface area contributed by atoms with E-state index in [2.05, 4.69) is 28.0 Å². The molecule has 0 spiro atoms. The van der Waals surface area contributed by atoms with Gasteiger partial charge in [-0.25, -0.2) is 15.6 Å². The highest BCUT2D eigenvalue weighted by Crippen LogP contribution is 2.48. The second-order valence-electron chi connectivity index (χ2n) is 7.91. The number of carbonyl (C=O) groups is 2. The fourth-order valence-electron chi connectivity index (χ4n) is 4.72. The zero-order chi connectivity index (χ0) is 22.1. The van der Waals surface area contributed by atoms with E-state index in [0.717, 1.165) is 16.9 Å². The molecular formula is C25H24N4O3. The van der Waals surface area contributed by atoms with E-state index in [0.29, 0.717) is 12.2 Å². The number of aromatic nitrogens is 1. The lowest BCUT2D eigenvalue weighted by atomic mass is 9.85. The molecule has 2 saturated heterocycles. The van der Waals surface area contributed by atoms with Crippen molar-refractivity contribution < 1.29 is 14.3 Å². The van der Waals surface area contributed by atoms with Crippen molar-refractivity contribution in [1.82, 2.24) is 15.8 Å². The van der Waals surface area contributed by atoms with Crippen LogP contribution < -0.4 is 15.8 Å². The Kier molecular flexibility index (Phi) is 5.43. The summed E-state index contributed by atoms with van der Waals surface area (Å²) in [4.78, 5) is 32.0. The average molecular weight is 428 g/mol. The van der Waals surface area contributed by atoms with Gasteiger partial charge in [-0.05, 0) is 48.9 Å². The summed E-state index contributed by atoms with van der Waals surface area (Å²) >= 11 is 0. The molecule has 0 bridgehead atoms. The molecule has 4 atom stereocenters. The maximum Gasteiger partial charge on any atom is 0.338 e. The van der Waals surface area contributed by atoms with Gasteiger partial charge < -0.3 is 9.64 Å². The summed E-state index contributed by atoms with van der Waals surface area (Å²) in [5.74, 6) is -0.468. The molecule has 162 valence electrons. The van der Waals surface area contributed by atoms with Gasteiger partial charge in [0.25, 0.3) is 0 Å². The minimum absolute atomic E-state index is 0.0273. The zero-order valence-electron chi connectivity index (χ0n) is 17.6. The van der Waals surface area contributed by atoms with E-state index < -0.39 is 6.04 Å². The van der Waals surface area contributed by atoms with Gasteiger partial charge in [-0.15, -0.1) is 0 Å². The fraction of sp³-hybridized carbons (Fsp3) is 0.240. The number of nitrogens with zero attached hydrogens (tertiary/aromatic N) is 2. The van der Waals surface area contributed by atoms with E-state index in [9.17, 15) is 9.59 Å². The number of nitrogens with one attached hydrogen (secondary N) is 2. The SMILES string of the molecule is CCOC(=O)c1ccc(N2C(=O)C3NNC(c4ccccc4)C3C2c2ccccn2)cc1. The Bertz CT molecular complexity index is 1110. The van der Waals surface area contributed by atoms with Crippen molar-refractivity contribution in [3.05, 3.63) is 95.8 Å². The number of hydrazine groups is 1. The Morgan fingerprint density at radius 1 is 0.969 bits per heavy atom. The molecular weight excluding hydrogens is 404 g/mol. The van der Waals surface area contributed by atoms with Crippen LogP contribution in [0.4, 0.5) is 5.69 Å². The molecule has 3 heterocycles. The van der Waals surface area contributed by atoms with Crippen molar-refractivity contribution in [3.8, 4) is 0 Å². The number of rotatable bonds is 5. The van der Waals surface area contributed by atoms with Gasteiger partial charge in [0.2, 0.25) is 5.91 Å². The number of hydrogen-bond donors (Lipinski definition) is 2. The van der Waals surface area contributed by atoms with Gasteiger partial charge >= 0.3 is 5.97 Å². The Morgan fingerprint density at radius 3 is 2.38 bits per heavy atom. The predicted molar refractivity (Wildman–Crippen MR) is 120 cm³/mol. The quantitative estimate of drug-likeness (QED) is 0.608. The third kappa shape index (κ3) is 3.45. The second-order valence-corrected chi connectivity index (χ2v) is 7.91. The molecule has 2 aliphatic rings. The summed E-state index contributed by atoms with van der Waals surface area (Å²) in [6.07, 6.45) is 1.75. The lowest BCUT2D eigenvalue weighted by Crippen LogP contribution is -2.41. The van der Waals surface area contributed by atoms with Crippen LogP contribution in [0.15, 0.2) is 79.0 Å². The molecule has 5 rings (SSSR count). The topological polar surface area (TPSA) is 83.6 Å². The lowest BCUT2D eigenvalue weighted by molar-refractivity contribution is -0.119. The number of carbonyl (C=O) groups excluding carboxylic acids is 2. The number of benzene rings is 2. The first kappa shape index (κ1) is 20.4. The molecule has 0 aliphatic carbocycles. The van der Waals surface area contributed by atoms with Crippen LogP contribution in [0.3, 0.4) is 0 Å². The smallest absolute Gasteiger partial charge is 0.338 e. The standard InChI is InChI=1S/C25H24N4O3/c1-2-32-25(31)17-11-13-18(14-12-17)29-23(19-10-6-7-15-26-19)20-21(16-8-4-3-5-9-16)27-28-22(20)24(29)30/h3-15,20-23,27-28H,2H2,1H3. The van der Waals surface area contributed by atoms with Crippen LogP contribution in [0.2, 0.25) is 0 Å². The van der Waals surface area contributed by atoms with Crippen molar-refractivity contribution in [3.63, 3.8) is 0 Å². The number of ether oxygens (including phenoxy) is 1. The van der Waals surface area contributed by atoms with Crippen molar-refractivity contribution in [1.29, 1.82) is 0 Å². The van der Waals surface area contributed by atoms with Crippen LogP contribution in [0.25, 0.3) is 0 Å². The Hall–Kier alpha value is -3.55. The zero-order valence-corrected chi connectivity index (χ0v) is 17.6. The van der Waals surface area contributed by atoms with Crippen LogP contribution >= 0.6 is 0 Å². The number of anilines is 1. The predicted octanol–water partition coefficient (Wildman–Crippen LogP) is 3.18. The van der Waals surface area contributed by atoms with E-state index in [-0.39, 0.29) is 29.9 Å². The van der Waals surface area contributed by atoms with Gasteiger partial charge in [-0.3, -0.25) is 9.78 Å². The Morgan fingerprint density at radius 2 is 1.69 bits per heavy atom. The van der Waals surface area contributed by atoms with Gasteiger partial charge in [0, 0.05) is 17.8 Å². The first-order valence-corrected chi connectivity index (χ1v) is 10.8. The summed E-state index contributed by atoms with van der Waals surface area (Å²) < 4.78 is 5.08. The van der Waals surface area contributed by atoms with Crippen LogP contribution in [-0.4, -0.2) is 29.5 Å². The van der Waals surface area contributed by atoms with Crippen molar-refractivity contribution in [2.24, 2.45) is 5.92 Å². The van der Waals surface area contributed by atoms with Crippen LogP contribution in [-0.2, 0) is 9.53 Å². The Balaban J connectivity index is 1.55. The van der Waals surface area contributed by atoms with Gasteiger partial charge in [-0.1, -0.05) is 36.4 Å². The first-order valence-electron chi connectivity index (χ1n) is 10.8. The molecule has 2 aromatic carbocycles. The van der Waals surface area contributed by atoms with Crippen molar-refractivity contribution >= 4 is 17.6 Å². The van der Waals surface area contributed by atoms with Crippen molar-refractivity contribution in [2.45, 2.75) is 25.0 Å². The van der Waals surface area contributed by atoms with E-state index in [1.54, 1.807) is 42.3 Å². The first-order chi connectivity index (χ1) is 15.7. The molecule has 0 radical (unpaired) electrons. The number of amides is 1.